The quantitative estimate of drug-likeness (QED) is 0.784. The van der Waals surface area contributed by atoms with E-state index in [1.807, 2.05) is 11.3 Å². The summed E-state index contributed by atoms with van der Waals surface area (Å²) in [6.07, 6.45) is 3.72. The molecule has 3 rings (SSSR count). The Morgan fingerprint density at radius 3 is 2.89 bits per heavy atom. The average molecular weight is 260 g/mol. The molecule has 3 N–H and O–H groups in total. The number of nitrogens with one attached hydrogen (secondary N) is 1. The van der Waals surface area contributed by atoms with E-state index in [1.165, 1.54) is 28.5 Å². The summed E-state index contributed by atoms with van der Waals surface area (Å²) in [4.78, 5) is 0. The maximum Gasteiger partial charge on any atom is 0.0345 e. The highest BCUT2D eigenvalue weighted by Crippen LogP contribution is 2.43. The van der Waals surface area contributed by atoms with Crippen molar-refractivity contribution in [1.29, 1.82) is 0 Å². The van der Waals surface area contributed by atoms with Gasteiger partial charge in [0.1, 0.15) is 0 Å². The number of hydrogen-bond acceptors (Lipinski definition) is 3. The molecule has 18 heavy (non-hydrogen) atoms. The van der Waals surface area contributed by atoms with Gasteiger partial charge in [-0.05, 0) is 60.2 Å². The second-order valence-electron chi connectivity index (χ2n) is 5.39. The fourth-order valence-corrected chi connectivity index (χ4v) is 3.43. The van der Waals surface area contributed by atoms with Crippen LogP contribution < -0.4 is 11.1 Å². The van der Waals surface area contributed by atoms with Crippen LogP contribution in [0.25, 0.3) is 10.1 Å². The average Bonchev–Trinajstić information content (AvgIpc) is 3.09. The van der Waals surface area contributed by atoms with Crippen LogP contribution in [0.15, 0.2) is 29.6 Å². The molecule has 1 aromatic carbocycles. The first-order valence-corrected chi connectivity index (χ1v) is 7.57. The van der Waals surface area contributed by atoms with Crippen LogP contribution in [-0.4, -0.2) is 19.6 Å². The van der Waals surface area contributed by atoms with Crippen LogP contribution in [-0.2, 0) is 6.42 Å². The Labute approximate surface area is 112 Å². The minimum Gasteiger partial charge on any atom is -0.330 e. The number of hydrogen-bond donors (Lipinski definition) is 2. The van der Waals surface area contributed by atoms with Crippen LogP contribution in [0.3, 0.4) is 0 Å². The molecule has 0 radical (unpaired) electrons. The third kappa shape index (κ3) is 2.44. The van der Waals surface area contributed by atoms with Gasteiger partial charge in [-0.2, -0.15) is 0 Å². The van der Waals surface area contributed by atoms with E-state index in [9.17, 15) is 0 Å². The molecule has 0 spiro atoms. The Balaban J connectivity index is 1.54. The number of fused-ring (bicyclic) bond motifs is 1. The van der Waals surface area contributed by atoms with Gasteiger partial charge in [0.15, 0.2) is 0 Å². The van der Waals surface area contributed by atoms with Crippen molar-refractivity contribution in [2.24, 2.45) is 11.1 Å². The zero-order valence-corrected chi connectivity index (χ0v) is 11.4. The lowest BCUT2D eigenvalue weighted by Crippen LogP contribution is -2.30. The first kappa shape index (κ1) is 12.2. The Kier molecular flexibility index (Phi) is 3.37. The zero-order valence-electron chi connectivity index (χ0n) is 10.6. The smallest absolute Gasteiger partial charge is 0.0345 e. The van der Waals surface area contributed by atoms with Crippen LogP contribution in [0.5, 0.6) is 0 Å². The van der Waals surface area contributed by atoms with Gasteiger partial charge in [0.25, 0.3) is 0 Å². The van der Waals surface area contributed by atoms with Crippen molar-refractivity contribution in [3.05, 3.63) is 35.2 Å². The van der Waals surface area contributed by atoms with Gasteiger partial charge >= 0.3 is 0 Å². The van der Waals surface area contributed by atoms with Crippen molar-refractivity contribution in [1.82, 2.24) is 5.32 Å². The summed E-state index contributed by atoms with van der Waals surface area (Å²) >= 11 is 1.85. The second-order valence-corrected chi connectivity index (χ2v) is 6.30. The maximum atomic E-state index is 5.78. The standard InChI is InChI=1S/C15H20N2S/c16-10-15(6-7-15)11-17-8-5-12-9-18-14-4-2-1-3-13(12)14/h1-4,9,17H,5-8,10-11,16H2. The Hall–Kier alpha value is -0.900. The molecule has 2 nitrogen and oxygen atoms in total. The molecule has 0 atom stereocenters. The van der Waals surface area contributed by atoms with Gasteiger partial charge in [-0.25, -0.2) is 0 Å². The van der Waals surface area contributed by atoms with Gasteiger partial charge in [0, 0.05) is 11.2 Å². The minimum absolute atomic E-state index is 0.441. The van der Waals surface area contributed by atoms with Crippen molar-refractivity contribution in [3.63, 3.8) is 0 Å². The molecular weight excluding hydrogens is 240 g/mol. The number of benzene rings is 1. The molecule has 0 amide bonds. The Bertz CT molecular complexity index is 528. The fourth-order valence-electron chi connectivity index (χ4n) is 2.43. The lowest BCUT2D eigenvalue weighted by atomic mass is 10.1. The van der Waals surface area contributed by atoms with Crippen LogP contribution in [0.1, 0.15) is 18.4 Å². The minimum atomic E-state index is 0.441. The summed E-state index contributed by atoms with van der Waals surface area (Å²) in [6.45, 7) is 2.98. The van der Waals surface area contributed by atoms with Gasteiger partial charge in [0.05, 0.1) is 0 Å². The summed E-state index contributed by atoms with van der Waals surface area (Å²) in [6, 6.07) is 8.66. The van der Waals surface area contributed by atoms with E-state index in [0.717, 1.165) is 26.1 Å². The number of nitrogens with two attached hydrogens (primary N) is 1. The van der Waals surface area contributed by atoms with Crippen molar-refractivity contribution in [3.8, 4) is 0 Å². The van der Waals surface area contributed by atoms with E-state index < -0.39 is 0 Å². The monoisotopic (exact) mass is 260 g/mol. The normalized spacial score (nSPS) is 17.2. The highest BCUT2D eigenvalue weighted by Gasteiger charge is 2.40. The predicted molar refractivity (Wildman–Crippen MR) is 79.1 cm³/mol. The van der Waals surface area contributed by atoms with E-state index in [1.54, 1.807) is 0 Å². The highest BCUT2D eigenvalue weighted by molar-refractivity contribution is 7.17. The van der Waals surface area contributed by atoms with E-state index >= 15 is 0 Å². The van der Waals surface area contributed by atoms with Crippen molar-refractivity contribution >= 4 is 21.4 Å². The first-order valence-electron chi connectivity index (χ1n) is 6.69. The summed E-state index contributed by atoms with van der Waals surface area (Å²) in [5.41, 5.74) is 7.70. The van der Waals surface area contributed by atoms with E-state index in [-0.39, 0.29) is 0 Å². The summed E-state index contributed by atoms with van der Waals surface area (Å²) in [7, 11) is 0. The first-order chi connectivity index (χ1) is 8.83. The lowest BCUT2D eigenvalue weighted by molar-refractivity contribution is 0.470. The van der Waals surface area contributed by atoms with Crippen LogP contribution in [0.2, 0.25) is 0 Å². The van der Waals surface area contributed by atoms with Crippen LogP contribution in [0, 0.1) is 5.41 Å². The van der Waals surface area contributed by atoms with Crippen LogP contribution >= 0.6 is 11.3 Å². The molecule has 1 aliphatic rings. The third-order valence-corrected chi connectivity index (χ3v) is 5.03. The summed E-state index contributed by atoms with van der Waals surface area (Å²) in [5.74, 6) is 0. The Morgan fingerprint density at radius 1 is 1.28 bits per heavy atom. The van der Waals surface area contributed by atoms with Gasteiger partial charge < -0.3 is 11.1 Å². The lowest BCUT2D eigenvalue weighted by Gasteiger charge is -2.12. The molecule has 3 heteroatoms. The Morgan fingerprint density at radius 2 is 2.11 bits per heavy atom. The molecule has 0 unspecified atom stereocenters. The summed E-state index contributed by atoms with van der Waals surface area (Å²) < 4.78 is 1.40. The van der Waals surface area contributed by atoms with Crippen molar-refractivity contribution in [2.75, 3.05) is 19.6 Å². The molecule has 1 fully saturated rings. The molecule has 0 bridgehead atoms. The third-order valence-electron chi connectivity index (χ3n) is 4.02. The SMILES string of the molecule is NCC1(CNCCc2csc3ccccc23)CC1. The molecule has 0 aliphatic heterocycles. The zero-order chi connectivity index (χ0) is 12.4. The van der Waals surface area contributed by atoms with Crippen molar-refractivity contribution in [2.45, 2.75) is 19.3 Å². The van der Waals surface area contributed by atoms with Crippen LogP contribution in [0.4, 0.5) is 0 Å². The highest BCUT2D eigenvalue weighted by atomic mass is 32.1. The molecule has 1 aliphatic carbocycles. The second kappa shape index (κ2) is 5.00. The largest absolute Gasteiger partial charge is 0.330 e. The molecule has 1 aromatic heterocycles. The molecular formula is C15H20N2S. The molecule has 96 valence electrons. The topological polar surface area (TPSA) is 38.0 Å². The number of rotatable bonds is 6. The van der Waals surface area contributed by atoms with Gasteiger partial charge in [-0.15, -0.1) is 11.3 Å². The molecule has 1 heterocycles. The van der Waals surface area contributed by atoms with Crippen molar-refractivity contribution < 1.29 is 0 Å². The van der Waals surface area contributed by atoms with E-state index in [0.29, 0.717) is 5.41 Å². The molecule has 1 saturated carbocycles. The van der Waals surface area contributed by atoms with E-state index in [4.69, 9.17) is 5.73 Å². The predicted octanol–water partition coefficient (Wildman–Crippen LogP) is 2.77. The molecule has 2 aromatic rings. The summed E-state index contributed by atoms with van der Waals surface area (Å²) in [5, 5.41) is 7.28. The number of thiophene rings is 1. The fraction of sp³-hybridized carbons (Fsp3) is 0.467. The maximum absolute atomic E-state index is 5.78. The van der Waals surface area contributed by atoms with Gasteiger partial charge in [0.2, 0.25) is 0 Å². The molecule has 0 saturated heterocycles. The van der Waals surface area contributed by atoms with Gasteiger partial charge in [-0.1, -0.05) is 18.2 Å². The van der Waals surface area contributed by atoms with E-state index in [2.05, 4.69) is 35.0 Å². The van der Waals surface area contributed by atoms with Gasteiger partial charge in [-0.3, -0.25) is 0 Å².